The molecule has 5 heteroatoms. The highest BCUT2D eigenvalue weighted by atomic mass is 19.4. The first kappa shape index (κ1) is 19.1. The maximum atomic E-state index is 12.6. The van der Waals surface area contributed by atoms with E-state index < -0.39 is 11.7 Å². The van der Waals surface area contributed by atoms with Crippen molar-refractivity contribution in [2.24, 2.45) is 0 Å². The molecular formula is C22H19F3O2. The average Bonchev–Trinajstić information content (AvgIpc) is 2.62. The van der Waals surface area contributed by atoms with Gasteiger partial charge in [-0.1, -0.05) is 24.0 Å². The average molecular weight is 372 g/mol. The number of benzene rings is 2. The summed E-state index contributed by atoms with van der Waals surface area (Å²) in [5.74, 6) is 6.66. The largest absolute Gasteiger partial charge is 0.491 e. The van der Waals surface area contributed by atoms with Crippen LogP contribution in [0.5, 0.6) is 0 Å². The van der Waals surface area contributed by atoms with Crippen LogP contribution in [-0.2, 0) is 10.9 Å². The number of aliphatic hydroxyl groups is 1. The van der Waals surface area contributed by atoms with Crippen molar-refractivity contribution in [3.05, 3.63) is 76.4 Å². The highest BCUT2D eigenvalue weighted by Gasteiger charge is 2.29. The van der Waals surface area contributed by atoms with E-state index in [0.29, 0.717) is 5.56 Å². The van der Waals surface area contributed by atoms with Gasteiger partial charge in [0.15, 0.2) is 0 Å². The van der Waals surface area contributed by atoms with E-state index in [2.05, 4.69) is 11.8 Å². The van der Waals surface area contributed by atoms with Gasteiger partial charge in [-0.05, 0) is 61.2 Å². The molecule has 0 radical (unpaired) electrons. The second kappa shape index (κ2) is 8.32. The fourth-order valence-corrected chi connectivity index (χ4v) is 2.71. The lowest BCUT2D eigenvalue weighted by Gasteiger charge is -2.22. The minimum Gasteiger partial charge on any atom is -0.491 e. The molecule has 2 aromatic rings. The third-order valence-electron chi connectivity index (χ3n) is 4.33. The Kier molecular flexibility index (Phi) is 5.88. The summed E-state index contributed by atoms with van der Waals surface area (Å²) in [4.78, 5) is 0. The molecule has 1 aliphatic carbocycles. The second-order valence-electron chi connectivity index (χ2n) is 6.26. The second-order valence-corrected chi connectivity index (χ2v) is 6.26. The van der Waals surface area contributed by atoms with Crippen LogP contribution in [0, 0.1) is 11.8 Å². The van der Waals surface area contributed by atoms with Gasteiger partial charge in [0.1, 0.15) is 12.4 Å². The predicted molar refractivity (Wildman–Crippen MR) is 97.7 cm³/mol. The number of aliphatic hydroxyl groups excluding tert-OH is 1. The van der Waals surface area contributed by atoms with Crippen LogP contribution in [0.2, 0.25) is 0 Å². The number of rotatable bonds is 4. The molecule has 27 heavy (non-hydrogen) atoms. The third-order valence-corrected chi connectivity index (χ3v) is 4.33. The molecule has 2 nitrogen and oxygen atoms in total. The van der Waals surface area contributed by atoms with Crippen LogP contribution in [-0.4, -0.2) is 18.3 Å². The first-order valence-electron chi connectivity index (χ1n) is 8.73. The van der Waals surface area contributed by atoms with Crippen LogP contribution in [0.3, 0.4) is 0 Å². The third kappa shape index (κ3) is 4.93. The quantitative estimate of drug-likeness (QED) is 0.604. The molecule has 0 heterocycles. The lowest BCUT2D eigenvalue weighted by atomic mass is 9.89. The maximum Gasteiger partial charge on any atom is 0.416 e. The zero-order valence-electron chi connectivity index (χ0n) is 14.6. The molecule has 1 saturated carbocycles. The fourth-order valence-electron chi connectivity index (χ4n) is 2.71. The van der Waals surface area contributed by atoms with Gasteiger partial charge in [0.2, 0.25) is 0 Å². The summed E-state index contributed by atoms with van der Waals surface area (Å²) in [7, 11) is 0. The van der Waals surface area contributed by atoms with Crippen LogP contribution >= 0.6 is 0 Å². The van der Waals surface area contributed by atoms with Gasteiger partial charge in [0, 0.05) is 16.7 Å². The van der Waals surface area contributed by atoms with Crippen molar-refractivity contribution in [3.63, 3.8) is 0 Å². The van der Waals surface area contributed by atoms with Gasteiger partial charge >= 0.3 is 6.18 Å². The van der Waals surface area contributed by atoms with Crippen LogP contribution in [0.4, 0.5) is 13.2 Å². The van der Waals surface area contributed by atoms with Crippen LogP contribution < -0.4 is 0 Å². The van der Waals surface area contributed by atoms with E-state index in [1.54, 1.807) is 0 Å². The maximum absolute atomic E-state index is 12.6. The molecule has 1 N–H and O–H groups in total. The van der Waals surface area contributed by atoms with Crippen molar-refractivity contribution in [3.8, 4) is 11.8 Å². The molecule has 0 atom stereocenters. The number of allylic oxidation sites excluding steroid dienone is 1. The van der Waals surface area contributed by atoms with Crippen molar-refractivity contribution in [2.75, 3.05) is 13.2 Å². The summed E-state index contributed by atoms with van der Waals surface area (Å²) in [6, 6.07) is 12.3. The molecule has 0 bridgehead atoms. The van der Waals surface area contributed by atoms with E-state index in [9.17, 15) is 13.2 Å². The van der Waals surface area contributed by atoms with E-state index in [4.69, 9.17) is 9.84 Å². The first-order chi connectivity index (χ1) is 13.0. The molecule has 1 aliphatic rings. The van der Waals surface area contributed by atoms with Gasteiger partial charge in [-0.15, -0.1) is 0 Å². The highest BCUT2D eigenvalue weighted by molar-refractivity contribution is 5.65. The lowest BCUT2D eigenvalue weighted by molar-refractivity contribution is -0.137. The number of hydrogen-bond acceptors (Lipinski definition) is 2. The summed E-state index contributed by atoms with van der Waals surface area (Å²) >= 11 is 0. The molecule has 0 spiro atoms. The molecule has 0 amide bonds. The smallest absolute Gasteiger partial charge is 0.416 e. The summed E-state index contributed by atoms with van der Waals surface area (Å²) < 4.78 is 43.4. The van der Waals surface area contributed by atoms with Gasteiger partial charge in [-0.2, -0.15) is 13.2 Å². The van der Waals surface area contributed by atoms with Crippen molar-refractivity contribution >= 4 is 5.76 Å². The standard InChI is InChI=1S/C22H19F3O2/c23-22(24,25)20-12-8-17(9-13-20)5-4-16-6-10-19(11-7-16)21(27-15-14-26)18-2-1-3-18/h6-13,26H,1-3,14-15H2. The van der Waals surface area contributed by atoms with E-state index in [-0.39, 0.29) is 13.2 Å². The van der Waals surface area contributed by atoms with Gasteiger partial charge in [0.25, 0.3) is 0 Å². The van der Waals surface area contributed by atoms with Crippen LogP contribution in [0.1, 0.15) is 41.5 Å². The van der Waals surface area contributed by atoms with Gasteiger partial charge in [-0.25, -0.2) is 0 Å². The van der Waals surface area contributed by atoms with Gasteiger partial charge in [-0.3, -0.25) is 0 Å². The molecular weight excluding hydrogens is 353 g/mol. The van der Waals surface area contributed by atoms with Gasteiger partial charge in [0.05, 0.1) is 12.2 Å². The molecule has 140 valence electrons. The highest BCUT2D eigenvalue weighted by Crippen LogP contribution is 2.34. The normalized spacial score (nSPS) is 13.4. The Morgan fingerprint density at radius 1 is 0.926 bits per heavy atom. The molecule has 3 rings (SSSR count). The molecule has 0 saturated heterocycles. The predicted octanol–water partition coefficient (Wildman–Crippen LogP) is 5.01. The molecule has 0 unspecified atom stereocenters. The fraction of sp³-hybridized carbons (Fsp3) is 0.273. The molecule has 0 aliphatic heterocycles. The number of halogens is 3. The van der Waals surface area contributed by atoms with Crippen LogP contribution in [0.15, 0.2) is 54.1 Å². The van der Waals surface area contributed by atoms with Crippen LogP contribution in [0.25, 0.3) is 5.76 Å². The van der Waals surface area contributed by atoms with Crippen molar-refractivity contribution in [1.29, 1.82) is 0 Å². The van der Waals surface area contributed by atoms with E-state index in [0.717, 1.165) is 48.3 Å². The van der Waals surface area contributed by atoms with E-state index >= 15 is 0 Å². The number of hydrogen-bond donors (Lipinski definition) is 1. The minimum atomic E-state index is -4.34. The Labute approximate surface area is 156 Å². The summed E-state index contributed by atoms with van der Waals surface area (Å²) in [5.41, 5.74) is 2.80. The Bertz CT molecular complexity index is 861. The first-order valence-corrected chi connectivity index (χ1v) is 8.73. The van der Waals surface area contributed by atoms with Crippen molar-refractivity contribution in [2.45, 2.75) is 25.4 Å². The summed E-state index contributed by atoms with van der Waals surface area (Å²) in [5, 5.41) is 8.99. The Morgan fingerprint density at radius 2 is 1.48 bits per heavy atom. The topological polar surface area (TPSA) is 29.5 Å². The Hall–Kier alpha value is -2.71. The monoisotopic (exact) mass is 372 g/mol. The summed E-state index contributed by atoms with van der Waals surface area (Å²) in [6.07, 6.45) is -1.17. The molecule has 2 aromatic carbocycles. The number of alkyl halides is 3. The lowest BCUT2D eigenvalue weighted by Crippen LogP contribution is -2.07. The van der Waals surface area contributed by atoms with Gasteiger partial charge < -0.3 is 9.84 Å². The van der Waals surface area contributed by atoms with E-state index in [1.807, 2.05) is 24.3 Å². The SMILES string of the molecule is OCCOC(=C1CCC1)c1ccc(C#Cc2ccc(C(F)(F)F)cc2)cc1. The number of ether oxygens (including phenoxy) is 1. The molecule has 1 fully saturated rings. The molecule has 0 aromatic heterocycles. The minimum absolute atomic E-state index is 0.0343. The Morgan fingerprint density at radius 3 is 1.93 bits per heavy atom. The van der Waals surface area contributed by atoms with Crippen molar-refractivity contribution < 1.29 is 23.0 Å². The summed E-state index contributed by atoms with van der Waals surface area (Å²) in [6.45, 7) is 0.224. The zero-order chi connectivity index (χ0) is 19.3. The van der Waals surface area contributed by atoms with Crippen molar-refractivity contribution in [1.82, 2.24) is 0 Å². The zero-order valence-corrected chi connectivity index (χ0v) is 14.6. The van der Waals surface area contributed by atoms with E-state index in [1.165, 1.54) is 17.7 Å². The Balaban J connectivity index is 1.74.